The van der Waals surface area contributed by atoms with Crippen LogP contribution in [-0.2, 0) is 6.54 Å². The molecule has 0 aliphatic rings. The zero-order valence-corrected chi connectivity index (χ0v) is 13.6. The van der Waals surface area contributed by atoms with Gasteiger partial charge in [0.2, 0.25) is 0 Å². The van der Waals surface area contributed by atoms with Crippen molar-refractivity contribution in [2.75, 3.05) is 4.90 Å². The normalized spacial score (nSPS) is 10.2. The molecule has 120 valence electrons. The number of rotatable bonds is 4. The number of aryl methyl sites for hydroxylation is 1. The van der Waals surface area contributed by atoms with Gasteiger partial charge in [0.1, 0.15) is 0 Å². The van der Waals surface area contributed by atoms with E-state index in [1.165, 1.54) is 5.56 Å². The minimum absolute atomic E-state index is 0.145. The van der Waals surface area contributed by atoms with Crippen molar-refractivity contribution in [2.45, 2.75) is 13.5 Å². The first-order valence-electron chi connectivity index (χ1n) is 7.97. The Morgan fingerprint density at radius 3 is 1.79 bits per heavy atom. The Bertz CT molecular complexity index is 744. The predicted octanol–water partition coefficient (Wildman–Crippen LogP) is 5.04. The van der Waals surface area contributed by atoms with Crippen molar-refractivity contribution in [1.82, 2.24) is 5.32 Å². The van der Waals surface area contributed by atoms with Crippen LogP contribution in [0.5, 0.6) is 0 Å². The minimum atomic E-state index is -0.145. The summed E-state index contributed by atoms with van der Waals surface area (Å²) in [6.07, 6.45) is 0. The molecule has 3 rings (SSSR count). The molecule has 0 aliphatic carbocycles. The highest BCUT2D eigenvalue weighted by Crippen LogP contribution is 2.24. The zero-order valence-electron chi connectivity index (χ0n) is 13.6. The van der Waals surface area contributed by atoms with Gasteiger partial charge in [-0.25, -0.2) is 4.79 Å². The van der Waals surface area contributed by atoms with Crippen molar-refractivity contribution in [2.24, 2.45) is 0 Å². The van der Waals surface area contributed by atoms with Crippen molar-refractivity contribution < 1.29 is 4.79 Å². The molecule has 0 unspecified atom stereocenters. The Morgan fingerprint density at radius 1 is 0.792 bits per heavy atom. The van der Waals surface area contributed by atoms with Crippen LogP contribution in [0.3, 0.4) is 0 Å². The molecule has 0 aliphatic heterocycles. The summed E-state index contributed by atoms with van der Waals surface area (Å²) in [4.78, 5) is 14.5. The molecule has 0 spiro atoms. The SMILES string of the molecule is Cc1ccc(CNC(=O)N(c2ccccc2)c2ccccc2)cc1. The van der Waals surface area contributed by atoms with Gasteiger partial charge < -0.3 is 5.32 Å². The number of carbonyl (C=O) groups is 1. The fourth-order valence-corrected chi connectivity index (χ4v) is 2.50. The van der Waals surface area contributed by atoms with E-state index >= 15 is 0 Å². The molecule has 0 bridgehead atoms. The van der Waals surface area contributed by atoms with Crippen molar-refractivity contribution in [3.63, 3.8) is 0 Å². The van der Waals surface area contributed by atoms with E-state index in [1.807, 2.05) is 84.9 Å². The second kappa shape index (κ2) is 7.47. The Hall–Kier alpha value is -3.07. The molecule has 24 heavy (non-hydrogen) atoms. The maximum atomic E-state index is 12.8. The third kappa shape index (κ3) is 3.82. The van der Waals surface area contributed by atoms with Crippen molar-refractivity contribution in [3.05, 3.63) is 96.1 Å². The highest BCUT2D eigenvalue weighted by molar-refractivity contribution is 5.99. The standard InChI is InChI=1S/C21H20N2O/c1-17-12-14-18(15-13-17)16-22-21(24)23(19-8-4-2-5-9-19)20-10-6-3-7-11-20/h2-15H,16H2,1H3,(H,22,24). The Morgan fingerprint density at radius 2 is 1.29 bits per heavy atom. The number of nitrogens with zero attached hydrogens (tertiary/aromatic N) is 1. The van der Waals surface area contributed by atoms with Crippen molar-refractivity contribution in [1.29, 1.82) is 0 Å². The highest BCUT2D eigenvalue weighted by Gasteiger charge is 2.17. The van der Waals surface area contributed by atoms with E-state index in [2.05, 4.69) is 12.2 Å². The first kappa shape index (κ1) is 15.8. The molecule has 0 radical (unpaired) electrons. The number of nitrogens with one attached hydrogen (secondary N) is 1. The maximum absolute atomic E-state index is 12.8. The molecular formula is C21H20N2O. The molecule has 0 fully saturated rings. The van der Waals surface area contributed by atoms with Crippen LogP contribution in [0, 0.1) is 6.92 Å². The van der Waals surface area contributed by atoms with E-state index in [-0.39, 0.29) is 6.03 Å². The average molecular weight is 316 g/mol. The molecule has 0 saturated carbocycles. The molecule has 2 amide bonds. The van der Waals surface area contributed by atoms with E-state index in [9.17, 15) is 4.79 Å². The van der Waals surface area contributed by atoms with E-state index in [4.69, 9.17) is 0 Å². The van der Waals surface area contributed by atoms with Crippen LogP contribution in [0.25, 0.3) is 0 Å². The summed E-state index contributed by atoms with van der Waals surface area (Å²) in [6, 6.07) is 27.3. The van der Waals surface area contributed by atoms with Crippen LogP contribution in [0.15, 0.2) is 84.9 Å². The summed E-state index contributed by atoms with van der Waals surface area (Å²) in [6.45, 7) is 2.55. The van der Waals surface area contributed by atoms with Crippen LogP contribution in [-0.4, -0.2) is 6.03 Å². The molecule has 3 aromatic rings. The summed E-state index contributed by atoms with van der Waals surface area (Å²) >= 11 is 0. The molecule has 3 nitrogen and oxygen atoms in total. The number of hydrogen-bond acceptors (Lipinski definition) is 1. The summed E-state index contributed by atoms with van der Waals surface area (Å²) < 4.78 is 0. The summed E-state index contributed by atoms with van der Waals surface area (Å²) in [5.74, 6) is 0. The Kier molecular flexibility index (Phi) is 4.92. The van der Waals surface area contributed by atoms with Gasteiger partial charge >= 0.3 is 6.03 Å². The van der Waals surface area contributed by atoms with Gasteiger partial charge in [0.15, 0.2) is 0 Å². The highest BCUT2D eigenvalue weighted by atomic mass is 16.2. The van der Waals surface area contributed by atoms with Gasteiger partial charge in [0.05, 0.1) is 11.4 Å². The third-order valence-corrected chi connectivity index (χ3v) is 3.80. The third-order valence-electron chi connectivity index (χ3n) is 3.80. The molecule has 0 aromatic heterocycles. The summed E-state index contributed by atoms with van der Waals surface area (Å²) in [7, 11) is 0. The lowest BCUT2D eigenvalue weighted by atomic mass is 10.1. The first-order chi connectivity index (χ1) is 11.7. The predicted molar refractivity (Wildman–Crippen MR) is 98.4 cm³/mol. The zero-order chi connectivity index (χ0) is 16.8. The summed E-state index contributed by atoms with van der Waals surface area (Å²) in [5, 5.41) is 3.00. The van der Waals surface area contributed by atoms with Gasteiger partial charge in [0.25, 0.3) is 0 Å². The fraction of sp³-hybridized carbons (Fsp3) is 0.0952. The van der Waals surface area contributed by atoms with E-state index in [1.54, 1.807) is 4.90 Å². The molecule has 0 heterocycles. The number of benzene rings is 3. The topological polar surface area (TPSA) is 32.3 Å². The number of urea groups is 1. The lowest BCUT2D eigenvalue weighted by Crippen LogP contribution is -2.36. The fourth-order valence-electron chi connectivity index (χ4n) is 2.50. The second-order valence-electron chi connectivity index (χ2n) is 5.65. The summed E-state index contributed by atoms with van der Waals surface area (Å²) in [5.41, 5.74) is 3.96. The van der Waals surface area contributed by atoms with Crippen LogP contribution < -0.4 is 10.2 Å². The largest absolute Gasteiger partial charge is 0.333 e. The van der Waals surface area contributed by atoms with Gasteiger partial charge in [-0.3, -0.25) is 4.90 Å². The van der Waals surface area contributed by atoms with Gasteiger partial charge in [-0.05, 0) is 36.8 Å². The monoisotopic (exact) mass is 316 g/mol. The maximum Gasteiger partial charge on any atom is 0.326 e. The smallest absolute Gasteiger partial charge is 0.326 e. The lowest BCUT2D eigenvalue weighted by molar-refractivity contribution is 0.248. The van der Waals surface area contributed by atoms with Gasteiger partial charge in [0, 0.05) is 6.54 Å². The average Bonchev–Trinajstić information content (AvgIpc) is 2.63. The van der Waals surface area contributed by atoms with Crippen molar-refractivity contribution >= 4 is 17.4 Å². The van der Waals surface area contributed by atoms with Crippen molar-refractivity contribution in [3.8, 4) is 0 Å². The quantitative estimate of drug-likeness (QED) is 0.718. The number of para-hydroxylation sites is 2. The van der Waals surface area contributed by atoms with Gasteiger partial charge in [-0.15, -0.1) is 0 Å². The second-order valence-corrected chi connectivity index (χ2v) is 5.65. The van der Waals surface area contributed by atoms with Crippen LogP contribution >= 0.6 is 0 Å². The molecular weight excluding hydrogens is 296 g/mol. The first-order valence-corrected chi connectivity index (χ1v) is 7.97. The number of hydrogen-bond donors (Lipinski definition) is 1. The number of carbonyl (C=O) groups excluding carboxylic acids is 1. The molecule has 0 atom stereocenters. The lowest BCUT2D eigenvalue weighted by Gasteiger charge is -2.23. The van der Waals surface area contributed by atoms with Crippen LogP contribution in [0.4, 0.5) is 16.2 Å². The Balaban J connectivity index is 1.80. The van der Waals surface area contributed by atoms with Crippen LogP contribution in [0.1, 0.15) is 11.1 Å². The van der Waals surface area contributed by atoms with Crippen LogP contribution in [0.2, 0.25) is 0 Å². The molecule has 1 N–H and O–H groups in total. The number of amides is 2. The number of anilines is 2. The Labute approximate surface area is 142 Å². The molecule has 0 saturated heterocycles. The van der Waals surface area contributed by atoms with E-state index < -0.39 is 0 Å². The van der Waals surface area contributed by atoms with Gasteiger partial charge in [-0.2, -0.15) is 0 Å². The van der Waals surface area contributed by atoms with E-state index in [0.29, 0.717) is 6.54 Å². The molecule has 3 heteroatoms. The van der Waals surface area contributed by atoms with Gasteiger partial charge in [-0.1, -0.05) is 66.2 Å². The van der Waals surface area contributed by atoms with E-state index in [0.717, 1.165) is 16.9 Å². The molecule has 3 aromatic carbocycles. The minimum Gasteiger partial charge on any atom is -0.333 e.